The SMILES string of the molecule is CC.CC(C)NC1=CC=CC(C)(C)C=C1. The van der Waals surface area contributed by atoms with Gasteiger partial charge in [-0.25, -0.2) is 0 Å². The second-order valence-electron chi connectivity index (χ2n) is 4.43. The Morgan fingerprint density at radius 2 is 1.73 bits per heavy atom. The van der Waals surface area contributed by atoms with Crippen LogP contribution >= 0.6 is 0 Å². The summed E-state index contributed by atoms with van der Waals surface area (Å²) >= 11 is 0. The molecule has 0 fully saturated rings. The molecule has 0 aromatic rings. The van der Waals surface area contributed by atoms with E-state index in [1.165, 1.54) is 5.70 Å². The zero-order chi connectivity index (χ0) is 11.9. The molecule has 1 nitrogen and oxygen atoms in total. The van der Waals surface area contributed by atoms with Gasteiger partial charge >= 0.3 is 0 Å². The quantitative estimate of drug-likeness (QED) is 0.720. The van der Waals surface area contributed by atoms with Crippen molar-refractivity contribution in [3.63, 3.8) is 0 Å². The normalized spacial score (nSPS) is 17.7. The van der Waals surface area contributed by atoms with Gasteiger partial charge in [-0.2, -0.15) is 0 Å². The van der Waals surface area contributed by atoms with E-state index in [-0.39, 0.29) is 5.41 Å². The zero-order valence-corrected chi connectivity index (χ0v) is 11.0. The van der Waals surface area contributed by atoms with Crippen LogP contribution in [0.2, 0.25) is 0 Å². The van der Waals surface area contributed by atoms with Crippen molar-refractivity contribution in [2.45, 2.75) is 47.6 Å². The molecule has 0 aliphatic heterocycles. The molecular weight excluding hydrogens is 182 g/mol. The first kappa shape index (κ1) is 14.0. The van der Waals surface area contributed by atoms with Crippen LogP contribution in [0.25, 0.3) is 0 Å². The predicted molar refractivity (Wildman–Crippen MR) is 69.8 cm³/mol. The van der Waals surface area contributed by atoms with Gasteiger partial charge in [-0.15, -0.1) is 0 Å². The smallest absolute Gasteiger partial charge is 0.0339 e. The lowest BCUT2D eigenvalue weighted by molar-refractivity contribution is 0.624. The molecule has 0 amide bonds. The van der Waals surface area contributed by atoms with Crippen LogP contribution < -0.4 is 5.32 Å². The Morgan fingerprint density at radius 3 is 2.27 bits per heavy atom. The predicted octanol–water partition coefficient (Wildman–Crippen LogP) is 4.05. The monoisotopic (exact) mass is 207 g/mol. The second kappa shape index (κ2) is 6.49. The number of hydrogen-bond donors (Lipinski definition) is 1. The first-order chi connectivity index (χ1) is 6.99. The van der Waals surface area contributed by atoms with Gasteiger partial charge in [-0.3, -0.25) is 0 Å². The van der Waals surface area contributed by atoms with Crippen molar-refractivity contribution in [3.8, 4) is 0 Å². The topological polar surface area (TPSA) is 12.0 Å². The van der Waals surface area contributed by atoms with Gasteiger partial charge in [-0.05, 0) is 26.0 Å². The Hall–Kier alpha value is -0.980. The van der Waals surface area contributed by atoms with Gasteiger partial charge in [0.05, 0.1) is 0 Å². The fourth-order valence-electron chi connectivity index (χ4n) is 1.25. The molecule has 86 valence electrons. The largest absolute Gasteiger partial charge is 0.383 e. The van der Waals surface area contributed by atoms with E-state index in [1.54, 1.807) is 0 Å². The molecule has 1 aliphatic carbocycles. The van der Waals surface area contributed by atoms with Gasteiger partial charge in [0.1, 0.15) is 0 Å². The molecule has 1 aliphatic rings. The van der Waals surface area contributed by atoms with Gasteiger partial charge in [0, 0.05) is 17.2 Å². The third-order valence-electron chi connectivity index (χ3n) is 1.95. The number of hydrogen-bond acceptors (Lipinski definition) is 1. The highest BCUT2D eigenvalue weighted by Crippen LogP contribution is 2.21. The summed E-state index contributed by atoms with van der Waals surface area (Å²) in [6.07, 6.45) is 10.8. The highest BCUT2D eigenvalue weighted by atomic mass is 14.9. The number of rotatable bonds is 2. The molecule has 0 saturated carbocycles. The molecule has 15 heavy (non-hydrogen) atoms. The molecule has 0 heterocycles. The minimum Gasteiger partial charge on any atom is -0.383 e. The molecule has 0 aromatic heterocycles. The molecule has 1 rings (SSSR count). The van der Waals surface area contributed by atoms with Crippen LogP contribution in [0.3, 0.4) is 0 Å². The second-order valence-corrected chi connectivity index (χ2v) is 4.43. The van der Waals surface area contributed by atoms with E-state index >= 15 is 0 Å². The summed E-state index contributed by atoms with van der Waals surface area (Å²) in [4.78, 5) is 0. The maximum atomic E-state index is 3.38. The van der Waals surface area contributed by atoms with Crippen molar-refractivity contribution < 1.29 is 0 Å². The van der Waals surface area contributed by atoms with E-state index in [9.17, 15) is 0 Å². The summed E-state index contributed by atoms with van der Waals surface area (Å²) in [5, 5.41) is 3.38. The third kappa shape index (κ3) is 6.16. The number of allylic oxidation sites excluding steroid dienone is 5. The van der Waals surface area contributed by atoms with E-state index in [0.29, 0.717) is 6.04 Å². The lowest BCUT2D eigenvalue weighted by atomic mass is 9.93. The third-order valence-corrected chi connectivity index (χ3v) is 1.95. The van der Waals surface area contributed by atoms with Crippen LogP contribution in [-0.4, -0.2) is 6.04 Å². The average molecular weight is 207 g/mol. The van der Waals surface area contributed by atoms with E-state index in [0.717, 1.165) is 0 Å². The van der Waals surface area contributed by atoms with Crippen molar-refractivity contribution >= 4 is 0 Å². The summed E-state index contributed by atoms with van der Waals surface area (Å²) in [7, 11) is 0. The Morgan fingerprint density at radius 1 is 1.13 bits per heavy atom. The van der Waals surface area contributed by atoms with Crippen molar-refractivity contribution in [1.29, 1.82) is 0 Å². The molecule has 0 saturated heterocycles. The Balaban J connectivity index is 0.000000921. The summed E-state index contributed by atoms with van der Waals surface area (Å²) in [5.74, 6) is 0. The molecule has 1 N–H and O–H groups in total. The fraction of sp³-hybridized carbons (Fsp3) is 0.571. The van der Waals surface area contributed by atoms with Crippen molar-refractivity contribution in [2.24, 2.45) is 5.41 Å². The van der Waals surface area contributed by atoms with Gasteiger partial charge in [0.15, 0.2) is 0 Å². The lowest BCUT2D eigenvalue weighted by Crippen LogP contribution is -2.20. The van der Waals surface area contributed by atoms with Gasteiger partial charge < -0.3 is 5.32 Å². The lowest BCUT2D eigenvalue weighted by Gasteiger charge is -2.13. The summed E-state index contributed by atoms with van der Waals surface area (Å²) in [5.41, 5.74) is 1.37. The van der Waals surface area contributed by atoms with E-state index in [4.69, 9.17) is 0 Å². The minimum absolute atomic E-state index is 0.177. The minimum atomic E-state index is 0.177. The van der Waals surface area contributed by atoms with E-state index in [1.807, 2.05) is 13.8 Å². The van der Waals surface area contributed by atoms with Crippen LogP contribution in [0.1, 0.15) is 41.5 Å². The van der Waals surface area contributed by atoms with Crippen molar-refractivity contribution in [2.75, 3.05) is 0 Å². The molecule has 0 spiro atoms. The van der Waals surface area contributed by atoms with Crippen molar-refractivity contribution in [3.05, 3.63) is 36.1 Å². The average Bonchev–Trinajstić information content (AvgIpc) is 2.31. The van der Waals surface area contributed by atoms with Crippen LogP contribution in [-0.2, 0) is 0 Å². The maximum Gasteiger partial charge on any atom is 0.0339 e. The van der Waals surface area contributed by atoms with Crippen LogP contribution in [0.4, 0.5) is 0 Å². The fourth-order valence-corrected chi connectivity index (χ4v) is 1.25. The van der Waals surface area contributed by atoms with Crippen molar-refractivity contribution in [1.82, 2.24) is 5.32 Å². The van der Waals surface area contributed by atoms with Gasteiger partial charge in [0.2, 0.25) is 0 Å². The van der Waals surface area contributed by atoms with Crippen LogP contribution in [0.15, 0.2) is 36.1 Å². The first-order valence-corrected chi connectivity index (χ1v) is 5.85. The molecule has 0 radical (unpaired) electrons. The van der Waals surface area contributed by atoms with Gasteiger partial charge in [-0.1, -0.05) is 45.9 Å². The Labute approximate surface area is 95.0 Å². The Kier molecular flexibility index (Phi) is 6.07. The molecule has 1 heteroatoms. The standard InChI is InChI=1S/C12H19N.C2H6/c1-10(2)13-11-6-5-8-12(3,4)9-7-11;1-2/h5-10,13H,1-4H3;1-2H3. The Bertz CT molecular complexity index is 255. The molecule has 0 unspecified atom stereocenters. The summed E-state index contributed by atoms with van der Waals surface area (Å²) in [6, 6.07) is 0.491. The van der Waals surface area contributed by atoms with E-state index in [2.05, 4.69) is 63.4 Å². The molecule has 0 atom stereocenters. The van der Waals surface area contributed by atoms with Crippen LogP contribution in [0, 0.1) is 5.41 Å². The molecular formula is C14H25N. The molecule has 0 aromatic carbocycles. The van der Waals surface area contributed by atoms with E-state index < -0.39 is 0 Å². The van der Waals surface area contributed by atoms with Gasteiger partial charge in [0.25, 0.3) is 0 Å². The summed E-state index contributed by atoms with van der Waals surface area (Å²) in [6.45, 7) is 12.7. The highest BCUT2D eigenvalue weighted by Gasteiger charge is 2.10. The zero-order valence-electron chi connectivity index (χ0n) is 11.0. The van der Waals surface area contributed by atoms with Crippen LogP contribution in [0.5, 0.6) is 0 Å². The summed E-state index contributed by atoms with van der Waals surface area (Å²) < 4.78 is 0. The maximum absolute atomic E-state index is 3.38. The number of nitrogens with one attached hydrogen (secondary N) is 1. The first-order valence-electron chi connectivity index (χ1n) is 5.85. The highest BCUT2D eigenvalue weighted by molar-refractivity contribution is 5.29. The molecule has 0 bridgehead atoms.